The predicted octanol–water partition coefficient (Wildman–Crippen LogP) is 2.30. The van der Waals surface area contributed by atoms with Crippen molar-refractivity contribution >= 4 is 27.6 Å². The molecule has 0 aromatic heterocycles. The van der Waals surface area contributed by atoms with E-state index in [4.69, 9.17) is 4.74 Å². The Bertz CT molecular complexity index is 763. The van der Waals surface area contributed by atoms with Crippen LogP contribution in [0, 0.1) is 5.92 Å². The first kappa shape index (κ1) is 20.2. The molecule has 1 aromatic carbocycles. The highest BCUT2D eigenvalue weighted by atomic mass is 32.2. The van der Waals surface area contributed by atoms with Gasteiger partial charge in [-0.25, -0.2) is 13.2 Å². The maximum Gasteiger partial charge on any atom is 0.341 e. The van der Waals surface area contributed by atoms with Crippen molar-refractivity contribution in [1.82, 2.24) is 5.32 Å². The molecule has 1 aromatic rings. The van der Waals surface area contributed by atoms with Crippen molar-refractivity contribution in [1.29, 1.82) is 0 Å². The molecule has 1 fully saturated rings. The SMILES string of the molecule is C[C@H](OC(=O)c1ccccc1NS(C)(=O)=O)C(=O)N[C@H]1CCCC[C@H]1C. The number of hydrogen-bond donors (Lipinski definition) is 2. The van der Waals surface area contributed by atoms with Gasteiger partial charge in [0, 0.05) is 6.04 Å². The van der Waals surface area contributed by atoms with Gasteiger partial charge in [-0.2, -0.15) is 0 Å². The number of ether oxygens (including phenoxy) is 1. The number of amides is 1. The number of anilines is 1. The Morgan fingerprint density at radius 2 is 1.85 bits per heavy atom. The fourth-order valence-electron chi connectivity index (χ4n) is 3.06. The number of esters is 1. The molecule has 1 aliphatic carbocycles. The largest absolute Gasteiger partial charge is 0.449 e. The summed E-state index contributed by atoms with van der Waals surface area (Å²) in [5, 5.41) is 2.95. The van der Waals surface area contributed by atoms with E-state index in [0.29, 0.717) is 5.92 Å². The minimum Gasteiger partial charge on any atom is -0.449 e. The van der Waals surface area contributed by atoms with Crippen molar-refractivity contribution < 1.29 is 22.7 Å². The Balaban J connectivity index is 2.01. The van der Waals surface area contributed by atoms with E-state index in [1.807, 2.05) is 0 Å². The van der Waals surface area contributed by atoms with Crippen LogP contribution in [0.4, 0.5) is 5.69 Å². The van der Waals surface area contributed by atoms with E-state index in [0.717, 1.165) is 25.5 Å². The van der Waals surface area contributed by atoms with E-state index >= 15 is 0 Å². The Morgan fingerprint density at radius 3 is 2.50 bits per heavy atom. The van der Waals surface area contributed by atoms with Gasteiger partial charge >= 0.3 is 5.97 Å². The lowest BCUT2D eigenvalue weighted by Crippen LogP contribution is -2.46. The minimum absolute atomic E-state index is 0.0589. The average molecular weight is 382 g/mol. The second-order valence-electron chi connectivity index (χ2n) is 6.84. The Labute approximate surface area is 154 Å². The first-order chi connectivity index (χ1) is 12.2. The van der Waals surface area contributed by atoms with Gasteiger partial charge < -0.3 is 10.1 Å². The van der Waals surface area contributed by atoms with E-state index in [-0.39, 0.29) is 23.2 Å². The highest BCUT2D eigenvalue weighted by Gasteiger charge is 2.27. The summed E-state index contributed by atoms with van der Waals surface area (Å²) in [5.41, 5.74) is 0.178. The van der Waals surface area contributed by atoms with Crippen molar-refractivity contribution in [2.45, 2.75) is 51.7 Å². The van der Waals surface area contributed by atoms with E-state index in [1.165, 1.54) is 25.5 Å². The van der Waals surface area contributed by atoms with Gasteiger partial charge in [-0.15, -0.1) is 0 Å². The van der Waals surface area contributed by atoms with Crippen LogP contribution >= 0.6 is 0 Å². The third-order valence-corrected chi connectivity index (χ3v) is 5.13. The molecule has 0 radical (unpaired) electrons. The molecule has 2 rings (SSSR count). The summed E-state index contributed by atoms with van der Waals surface area (Å²) < 4.78 is 30.4. The molecule has 3 atom stereocenters. The van der Waals surface area contributed by atoms with Gasteiger partial charge in [0.05, 0.1) is 17.5 Å². The van der Waals surface area contributed by atoms with Crippen LogP contribution in [0.15, 0.2) is 24.3 Å². The highest BCUT2D eigenvalue weighted by Crippen LogP contribution is 2.24. The number of rotatable bonds is 6. The molecule has 1 saturated carbocycles. The summed E-state index contributed by atoms with van der Waals surface area (Å²) in [4.78, 5) is 24.7. The maximum absolute atomic E-state index is 12.4. The molecule has 0 saturated heterocycles. The molecule has 144 valence electrons. The standard InChI is InChI=1S/C18H26N2O5S/c1-12-8-4-6-10-15(12)19-17(21)13(2)25-18(22)14-9-5-7-11-16(14)20-26(3,23)24/h5,7,9,11-13,15,20H,4,6,8,10H2,1-3H3,(H,19,21)/t12-,13+,15+/m1/s1. The number of benzene rings is 1. The van der Waals surface area contributed by atoms with Crippen LogP contribution in [0.2, 0.25) is 0 Å². The molecule has 0 bridgehead atoms. The van der Waals surface area contributed by atoms with Crippen LogP contribution in [0.5, 0.6) is 0 Å². The van der Waals surface area contributed by atoms with E-state index < -0.39 is 22.1 Å². The third kappa shape index (κ3) is 5.72. The Kier molecular flexibility index (Phi) is 6.63. The van der Waals surface area contributed by atoms with Crippen LogP contribution in [0.3, 0.4) is 0 Å². The molecule has 0 unspecified atom stereocenters. The number of carbonyl (C=O) groups is 2. The maximum atomic E-state index is 12.4. The lowest BCUT2D eigenvalue weighted by molar-refractivity contribution is -0.130. The van der Waals surface area contributed by atoms with Crippen LogP contribution in [-0.4, -0.2) is 38.7 Å². The van der Waals surface area contributed by atoms with Gasteiger partial charge in [0.25, 0.3) is 5.91 Å². The van der Waals surface area contributed by atoms with Gasteiger partial charge in [-0.05, 0) is 37.8 Å². The lowest BCUT2D eigenvalue weighted by atomic mass is 9.86. The number of carbonyl (C=O) groups excluding carboxylic acids is 2. The average Bonchev–Trinajstić information content (AvgIpc) is 2.55. The monoisotopic (exact) mass is 382 g/mol. The van der Waals surface area contributed by atoms with Gasteiger partial charge in [-0.3, -0.25) is 9.52 Å². The van der Waals surface area contributed by atoms with Crippen molar-refractivity contribution in [3.05, 3.63) is 29.8 Å². The van der Waals surface area contributed by atoms with Gasteiger partial charge in [-0.1, -0.05) is 31.9 Å². The predicted molar refractivity (Wildman–Crippen MR) is 99.3 cm³/mol. The quantitative estimate of drug-likeness (QED) is 0.735. The molecule has 2 N–H and O–H groups in total. The normalized spacial score (nSPS) is 21.5. The third-order valence-electron chi connectivity index (χ3n) is 4.53. The van der Waals surface area contributed by atoms with Crippen LogP contribution in [0.25, 0.3) is 0 Å². The van der Waals surface area contributed by atoms with Gasteiger partial charge in [0.15, 0.2) is 6.10 Å². The fourth-order valence-corrected chi connectivity index (χ4v) is 3.64. The summed E-state index contributed by atoms with van der Waals surface area (Å²) in [6.07, 6.45) is 4.27. The van der Waals surface area contributed by atoms with Crippen molar-refractivity contribution in [3.63, 3.8) is 0 Å². The second-order valence-corrected chi connectivity index (χ2v) is 8.59. The molecule has 0 aliphatic heterocycles. The molecule has 0 heterocycles. The number of sulfonamides is 1. The number of para-hydroxylation sites is 1. The molecule has 1 aliphatic rings. The fraction of sp³-hybridized carbons (Fsp3) is 0.556. The topological polar surface area (TPSA) is 102 Å². The van der Waals surface area contributed by atoms with Crippen LogP contribution in [-0.2, 0) is 19.6 Å². The van der Waals surface area contributed by atoms with E-state index in [9.17, 15) is 18.0 Å². The summed E-state index contributed by atoms with van der Waals surface area (Å²) in [5.74, 6) is -0.697. The first-order valence-electron chi connectivity index (χ1n) is 8.75. The zero-order chi connectivity index (χ0) is 19.3. The molecular weight excluding hydrogens is 356 g/mol. The first-order valence-corrected chi connectivity index (χ1v) is 10.6. The van der Waals surface area contributed by atoms with Crippen LogP contribution in [0.1, 0.15) is 49.9 Å². The molecular formula is C18H26N2O5S. The van der Waals surface area contributed by atoms with Gasteiger partial charge in [0.2, 0.25) is 10.0 Å². The summed E-state index contributed by atoms with van der Waals surface area (Å²) in [6, 6.07) is 6.20. The molecule has 0 spiro atoms. The van der Waals surface area contributed by atoms with Crippen molar-refractivity contribution in [2.75, 3.05) is 11.0 Å². The second kappa shape index (κ2) is 8.53. The Hall–Kier alpha value is -2.09. The summed E-state index contributed by atoms with van der Waals surface area (Å²) in [7, 11) is -3.54. The summed E-state index contributed by atoms with van der Waals surface area (Å²) in [6.45, 7) is 3.61. The van der Waals surface area contributed by atoms with Crippen molar-refractivity contribution in [2.24, 2.45) is 5.92 Å². The Morgan fingerprint density at radius 1 is 1.19 bits per heavy atom. The van der Waals surface area contributed by atoms with E-state index in [2.05, 4.69) is 17.0 Å². The van der Waals surface area contributed by atoms with Crippen molar-refractivity contribution in [3.8, 4) is 0 Å². The summed E-state index contributed by atoms with van der Waals surface area (Å²) >= 11 is 0. The van der Waals surface area contributed by atoms with Gasteiger partial charge in [0.1, 0.15) is 0 Å². The molecule has 7 nitrogen and oxygen atoms in total. The van der Waals surface area contributed by atoms with E-state index in [1.54, 1.807) is 12.1 Å². The number of hydrogen-bond acceptors (Lipinski definition) is 5. The lowest BCUT2D eigenvalue weighted by Gasteiger charge is -2.30. The number of nitrogens with one attached hydrogen (secondary N) is 2. The molecule has 1 amide bonds. The molecule has 8 heteroatoms. The molecule has 26 heavy (non-hydrogen) atoms. The zero-order valence-corrected chi connectivity index (χ0v) is 16.1. The van der Waals surface area contributed by atoms with Crippen LogP contribution < -0.4 is 10.0 Å². The minimum atomic E-state index is -3.54. The zero-order valence-electron chi connectivity index (χ0n) is 15.3. The highest BCUT2D eigenvalue weighted by molar-refractivity contribution is 7.92. The smallest absolute Gasteiger partial charge is 0.341 e.